The van der Waals surface area contributed by atoms with Crippen LogP contribution >= 0.6 is 11.6 Å². The van der Waals surface area contributed by atoms with E-state index in [0.717, 1.165) is 11.1 Å². The van der Waals surface area contributed by atoms with E-state index in [1.807, 2.05) is 20.0 Å². The Bertz CT molecular complexity index is 280. The van der Waals surface area contributed by atoms with Crippen LogP contribution in [0.15, 0.2) is 28.9 Å². The molecule has 1 atom stereocenters. The minimum Gasteiger partial charge on any atom is -0.453 e. The van der Waals surface area contributed by atoms with E-state index in [4.69, 9.17) is 16.0 Å². The Hall–Kier alpha value is -0.730. The van der Waals surface area contributed by atoms with Gasteiger partial charge in [0.2, 0.25) is 0 Å². The highest BCUT2D eigenvalue weighted by molar-refractivity contribution is 6.29. The number of rotatable bonds is 3. The first kappa shape index (κ1) is 9.36. The molecule has 0 radical (unpaired) electrons. The summed E-state index contributed by atoms with van der Waals surface area (Å²) in [6, 6.07) is 1.93. The van der Waals surface area contributed by atoms with Crippen LogP contribution in [0, 0.1) is 0 Å². The molecule has 1 aromatic rings. The van der Waals surface area contributed by atoms with Crippen LogP contribution < -0.4 is 5.32 Å². The van der Waals surface area contributed by atoms with Crippen LogP contribution in [0.1, 0.15) is 18.5 Å². The van der Waals surface area contributed by atoms with Gasteiger partial charge in [-0.3, -0.25) is 0 Å². The van der Waals surface area contributed by atoms with E-state index in [0.29, 0.717) is 5.22 Å². The van der Waals surface area contributed by atoms with Crippen molar-refractivity contribution < 1.29 is 4.42 Å². The Kier molecular flexibility index (Phi) is 2.95. The fourth-order valence-electron chi connectivity index (χ4n) is 1.18. The summed E-state index contributed by atoms with van der Waals surface area (Å²) in [7, 11) is 1.86. The molecule has 1 heterocycles. The molecule has 12 heavy (non-hydrogen) atoms. The van der Waals surface area contributed by atoms with Gasteiger partial charge in [0.1, 0.15) is 0 Å². The second-order valence-corrected chi connectivity index (χ2v) is 3.06. The van der Waals surface area contributed by atoms with Crippen molar-refractivity contribution in [3.05, 3.63) is 35.3 Å². The molecule has 1 N–H and O–H groups in total. The Labute approximate surface area is 77.2 Å². The summed E-state index contributed by atoms with van der Waals surface area (Å²) in [6.07, 6.45) is 1.57. The molecule has 3 heteroatoms. The van der Waals surface area contributed by atoms with Crippen molar-refractivity contribution >= 4 is 11.6 Å². The van der Waals surface area contributed by atoms with Crippen molar-refractivity contribution in [1.82, 2.24) is 5.32 Å². The fraction of sp³-hybridized carbons (Fsp3) is 0.333. The van der Waals surface area contributed by atoms with Crippen molar-refractivity contribution in [3.8, 4) is 0 Å². The largest absolute Gasteiger partial charge is 0.453 e. The molecule has 0 aliphatic carbocycles. The molecule has 1 unspecified atom stereocenters. The predicted molar refractivity (Wildman–Crippen MR) is 50.3 cm³/mol. The third-order valence-electron chi connectivity index (χ3n) is 1.74. The molecule has 0 saturated heterocycles. The van der Waals surface area contributed by atoms with Gasteiger partial charge in [0.25, 0.3) is 0 Å². The van der Waals surface area contributed by atoms with Crippen molar-refractivity contribution in [3.63, 3.8) is 0 Å². The van der Waals surface area contributed by atoms with Gasteiger partial charge in [0.05, 0.1) is 12.3 Å². The van der Waals surface area contributed by atoms with Gasteiger partial charge in [-0.15, -0.1) is 0 Å². The lowest BCUT2D eigenvalue weighted by molar-refractivity contribution is 0.559. The third kappa shape index (κ3) is 1.71. The van der Waals surface area contributed by atoms with Gasteiger partial charge in [0.15, 0.2) is 5.22 Å². The highest BCUT2D eigenvalue weighted by Gasteiger charge is 2.14. The standard InChI is InChI=1S/C9H12ClNO/c1-6(2)8(11-3)7-4-5-12-9(7)10/h4-5,8,11H,1H2,2-3H3. The van der Waals surface area contributed by atoms with Crippen molar-refractivity contribution in [2.45, 2.75) is 13.0 Å². The van der Waals surface area contributed by atoms with E-state index in [9.17, 15) is 0 Å². The SMILES string of the molecule is C=C(C)C(NC)c1ccoc1Cl. The Morgan fingerprint density at radius 1 is 1.75 bits per heavy atom. The first-order valence-corrected chi connectivity index (χ1v) is 4.10. The smallest absolute Gasteiger partial charge is 0.198 e. The average Bonchev–Trinajstić information content (AvgIpc) is 2.38. The van der Waals surface area contributed by atoms with Gasteiger partial charge in [-0.1, -0.05) is 12.2 Å². The molecule has 0 aliphatic heterocycles. The minimum atomic E-state index is 0.0799. The molecule has 66 valence electrons. The molecule has 0 bridgehead atoms. The van der Waals surface area contributed by atoms with Crippen molar-refractivity contribution in [2.75, 3.05) is 7.05 Å². The summed E-state index contributed by atoms with van der Waals surface area (Å²) in [6.45, 7) is 5.81. The van der Waals surface area contributed by atoms with Gasteiger partial charge in [-0.2, -0.15) is 0 Å². The zero-order valence-corrected chi connectivity index (χ0v) is 7.98. The monoisotopic (exact) mass is 185 g/mol. The van der Waals surface area contributed by atoms with Crippen molar-refractivity contribution in [1.29, 1.82) is 0 Å². The number of hydrogen-bond donors (Lipinski definition) is 1. The Morgan fingerprint density at radius 2 is 2.42 bits per heavy atom. The highest BCUT2D eigenvalue weighted by atomic mass is 35.5. The first-order chi connectivity index (χ1) is 5.66. The summed E-state index contributed by atoms with van der Waals surface area (Å²) >= 11 is 5.81. The zero-order valence-electron chi connectivity index (χ0n) is 7.23. The van der Waals surface area contributed by atoms with E-state index < -0.39 is 0 Å². The maximum Gasteiger partial charge on any atom is 0.198 e. The molecular formula is C9H12ClNO. The fourth-order valence-corrected chi connectivity index (χ4v) is 1.40. The summed E-state index contributed by atoms with van der Waals surface area (Å²) in [5, 5.41) is 3.53. The topological polar surface area (TPSA) is 25.2 Å². The summed E-state index contributed by atoms with van der Waals surface area (Å²) in [5.41, 5.74) is 1.95. The van der Waals surface area contributed by atoms with Gasteiger partial charge in [-0.25, -0.2) is 0 Å². The predicted octanol–water partition coefficient (Wildman–Crippen LogP) is 2.77. The second kappa shape index (κ2) is 3.78. The van der Waals surface area contributed by atoms with Crippen LogP contribution in [-0.4, -0.2) is 7.05 Å². The first-order valence-electron chi connectivity index (χ1n) is 3.72. The maximum absolute atomic E-state index is 5.81. The second-order valence-electron chi connectivity index (χ2n) is 2.72. The van der Waals surface area contributed by atoms with Crippen LogP contribution in [0.3, 0.4) is 0 Å². The Balaban J connectivity index is 2.94. The van der Waals surface area contributed by atoms with Gasteiger partial charge < -0.3 is 9.73 Å². The average molecular weight is 186 g/mol. The van der Waals surface area contributed by atoms with Gasteiger partial charge in [-0.05, 0) is 31.6 Å². The molecule has 0 spiro atoms. The summed E-state index contributed by atoms with van der Waals surface area (Å²) < 4.78 is 4.98. The number of likely N-dealkylation sites (N-methyl/N-ethyl adjacent to an activating group) is 1. The highest BCUT2D eigenvalue weighted by Crippen LogP contribution is 2.27. The normalized spacial score (nSPS) is 12.9. The third-order valence-corrected chi connectivity index (χ3v) is 2.05. The summed E-state index contributed by atoms with van der Waals surface area (Å²) in [5.74, 6) is 0. The van der Waals surface area contributed by atoms with E-state index in [1.54, 1.807) is 6.26 Å². The molecule has 0 aliphatic rings. The molecule has 0 aromatic carbocycles. The number of hydrogen-bond acceptors (Lipinski definition) is 2. The van der Waals surface area contributed by atoms with Crippen LogP contribution in [0.2, 0.25) is 5.22 Å². The number of halogens is 1. The number of furan rings is 1. The molecule has 1 rings (SSSR count). The van der Waals surface area contributed by atoms with E-state index in [1.165, 1.54) is 0 Å². The lowest BCUT2D eigenvalue weighted by atomic mass is 10.1. The molecule has 0 amide bonds. The Morgan fingerprint density at radius 3 is 2.75 bits per heavy atom. The van der Waals surface area contributed by atoms with E-state index >= 15 is 0 Å². The van der Waals surface area contributed by atoms with Gasteiger partial charge >= 0.3 is 0 Å². The van der Waals surface area contributed by atoms with Crippen LogP contribution in [0.25, 0.3) is 0 Å². The van der Waals surface area contributed by atoms with Crippen molar-refractivity contribution in [2.24, 2.45) is 0 Å². The number of nitrogens with one attached hydrogen (secondary N) is 1. The lowest BCUT2D eigenvalue weighted by Gasteiger charge is -2.14. The van der Waals surface area contributed by atoms with E-state index in [-0.39, 0.29) is 6.04 Å². The molecule has 0 fully saturated rings. The van der Waals surface area contributed by atoms with Crippen LogP contribution in [0.5, 0.6) is 0 Å². The quantitative estimate of drug-likeness (QED) is 0.733. The molecule has 2 nitrogen and oxygen atoms in total. The molecule has 1 aromatic heterocycles. The minimum absolute atomic E-state index is 0.0799. The van der Waals surface area contributed by atoms with Crippen LogP contribution in [0.4, 0.5) is 0 Å². The van der Waals surface area contributed by atoms with E-state index in [2.05, 4.69) is 11.9 Å². The molecule has 0 saturated carbocycles. The van der Waals surface area contributed by atoms with Gasteiger partial charge in [0, 0.05) is 5.56 Å². The lowest BCUT2D eigenvalue weighted by Crippen LogP contribution is -2.16. The zero-order chi connectivity index (χ0) is 9.14. The maximum atomic E-state index is 5.81. The van der Waals surface area contributed by atoms with Crippen LogP contribution in [-0.2, 0) is 0 Å². The molecular weight excluding hydrogens is 174 g/mol. The summed E-state index contributed by atoms with van der Waals surface area (Å²) in [4.78, 5) is 0.